The van der Waals surface area contributed by atoms with Crippen molar-refractivity contribution < 1.29 is 42.8 Å². The van der Waals surface area contributed by atoms with Gasteiger partial charge in [0.15, 0.2) is 17.2 Å². The Kier molecular flexibility index (Phi) is 13.5. The predicted molar refractivity (Wildman–Crippen MR) is 142 cm³/mol. The van der Waals surface area contributed by atoms with Crippen molar-refractivity contribution in [3.63, 3.8) is 0 Å². The Balaban J connectivity index is 2.20. The summed E-state index contributed by atoms with van der Waals surface area (Å²) in [5.74, 6) is -0.886. The number of carbonyl (C=O) groups is 3. The number of nitrogens with one attached hydrogen (secondary N) is 1. The maximum absolute atomic E-state index is 13.3. The molecule has 1 amide bonds. The molecule has 2 heterocycles. The SMILES string of the molecule is COc1ccnc(C(=O)N[C@H]2CCCC[C@H](OCC(C)C)[C@@H](OCC(C)C)[C@H](C)OC2=O)c1OCOC(C)=O. The predicted octanol–water partition coefficient (Wildman–Crippen LogP) is 3.68. The molecule has 1 saturated heterocycles. The summed E-state index contributed by atoms with van der Waals surface area (Å²) in [7, 11) is 1.41. The third kappa shape index (κ3) is 10.6. The zero-order chi connectivity index (χ0) is 28.9. The van der Waals surface area contributed by atoms with Crippen LogP contribution in [0, 0.1) is 11.8 Å². The number of amides is 1. The molecule has 1 aliphatic heterocycles. The molecule has 1 fully saturated rings. The Morgan fingerprint density at radius 3 is 2.41 bits per heavy atom. The van der Waals surface area contributed by atoms with E-state index in [2.05, 4.69) is 38.0 Å². The van der Waals surface area contributed by atoms with Crippen LogP contribution in [0.2, 0.25) is 0 Å². The lowest BCUT2D eigenvalue weighted by Gasteiger charge is -2.34. The van der Waals surface area contributed by atoms with Gasteiger partial charge in [-0.1, -0.05) is 40.5 Å². The molecule has 4 atom stereocenters. The molecule has 2 rings (SSSR count). The molecule has 11 nitrogen and oxygen atoms in total. The van der Waals surface area contributed by atoms with E-state index in [-0.39, 0.29) is 23.3 Å². The number of esters is 2. The highest BCUT2D eigenvalue weighted by molar-refractivity contribution is 5.98. The molecule has 1 aromatic rings. The minimum absolute atomic E-state index is 0.00681. The summed E-state index contributed by atoms with van der Waals surface area (Å²) < 4.78 is 33.8. The zero-order valence-corrected chi connectivity index (χ0v) is 24.2. The average Bonchev–Trinajstić information content (AvgIpc) is 2.87. The smallest absolute Gasteiger partial charge is 0.329 e. The van der Waals surface area contributed by atoms with Crippen molar-refractivity contribution in [1.29, 1.82) is 0 Å². The second kappa shape index (κ2) is 16.2. The number of rotatable bonds is 12. The first-order valence-corrected chi connectivity index (χ1v) is 13.6. The second-order valence-corrected chi connectivity index (χ2v) is 10.5. The second-order valence-electron chi connectivity index (χ2n) is 10.5. The lowest BCUT2D eigenvalue weighted by atomic mass is 9.98. The molecule has 0 aromatic carbocycles. The number of methoxy groups -OCH3 is 1. The van der Waals surface area contributed by atoms with Gasteiger partial charge in [0.2, 0.25) is 6.79 Å². The Morgan fingerprint density at radius 2 is 1.77 bits per heavy atom. The molecule has 0 spiro atoms. The van der Waals surface area contributed by atoms with Gasteiger partial charge in [0.25, 0.3) is 5.91 Å². The van der Waals surface area contributed by atoms with Gasteiger partial charge >= 0.3 is 11.9 Å². The Bertz CT molecular complexity index is 938. The minimum atomic E-state index is -0.909. The van der Waals surface area contributed by atoms with Crippen LogP contribution in [0.3, 0.4) is 0 Å². The first-order chi connectivity index (χ1) is 18.5. The van der Waals surface area contributed by atoms with E-state index in [4.69, 9.17) is 28.4 Å². The summed E-state index contributed by atoms with van der Waals surface area (Å²) in [5.41, 5.74) is -0.111. The van der Waals surface area contributed by atoms with Crippen molar-refractivity contribution in [2.75, 3.05) is 27.1 Å². The van der Waals surface area contributed by atoms with Crippen molar-refractivity contribution in [3.05, 3.63) is 18.0 Å². The highest BCUT2D eigenvalue weighted by Gasteiger charge is 2.35. The number of aromatic nitrogens is 1. The van der Waals surface area contributed by atoms with Gasteiger partial charge in [0.1, 0.15) is 18.2 Å². The molecule has 1 N–H and O–H groups in total. The number of hydrogen-bond donors (Lipinski definition) is 1. The molecular weight excluding hydrogens is 508 g/mol. The van der Waals surface area contributed by atoms with Gasteiger partial charge in [-0.3, -0.25) is 9.59 Å². The molecular formula is C28H44N2O9. The summed E-state index contributed by atoms with van der Waals surface area (Å²) in [4.78, 5) is 41.8. The Hall–Kier alpha value is -2.92. The largest absolute Gasteiger partial charge is 0.493 e. The van der Waals surface area contributed by atoms with Crippen LogP contribution >= 0.6 is 0 Å². The standard InChI is InChI=1S/C28H44N2O9/c1-17(2)14-35-23-11-9-8-10-21(28(33)39-19(5)25(23)36-15-18(3)4)30-27(32)24-26(38-16-37-20(6)31)22(34-7)12-13-29-24/h12-13,17-19,21,23,25H,8-11,14-16H2,1-7H3,(H,30,32)/t19-,21-,23-,25-/m0/s1. The number of hydrogen-bond acceptors (Lipinski definition) is 10. The van der Waals surface area contributed by atoms with Crippen LogP contribution in [0.5, 0.6) is 11.5 Å². The average molecular weight is 553 g/mol. The lowest BCUT2D eigenvalue weighted by Crippen LogP contribution is -2.48. The monoisotopic (exact) mass is 552 g/mol. The topological polar surface area (TPSA) is 132 Å². The van der Waals surface area contributed by atoms with Crippen LogP contribution in [-0.4, -0.2) is 74.3 Å². The lowest BCUT2D eigenvalue weighted by molar-refractivity contribution is -0.173. The summed E-state index contributed by atoms with van der Waals surface area (Å²) in [6.07, 6.45) is 2.70. The van der Waals surface area contributed by atoms with Crippen molar-refractivity contribution in [2.45, 2.75) is 91.6 Å². The Labute approximate surface area is 231 Å². The number of cyclic esters (lactones) is 1. The minimum Gasteiger partial charge on any atom is -0.493 e. The number of pyridine rings is 1. The summed E-state index contributed by atoms with van der Waals surface area (Å²) in [5, 5.41) is 2.74. The molecule has 1 aliphatic rings. The van der Waals surface area contributed by atoms with Crippen molar-refractivity contribution in [2.24, 2.45) is 11.8 Å². The zero-order valence-electron chi connectivity index (χ0n) is 24.2. The number of carbonyl (C=O) groups excluding carboxylic acids is 3. The maximum atomic E-state index is 13.3. The van der Waals surface area contributed by atoms with E-state index in [0.29, 0.717) is 37.9 Å². The highest BCUT2D eigenvalue weighted by Crippen LogP contribution is 2.30. The van der Waals surface area contributed by atoms with Gasteiger partial charge in [-0.15, -0.1) is 0 Å². The third-order valence-electron chi connectivity index (χ3n) is 5.99. The first-order valence-electron chi connectivity index (χ1n) is 13.6. The van der Waals surface area contributed by atoms with Crippen LogP contribution in [-0.2, 0) is 28.5 Å². The summed E-state index contributed by atoms with van der Waals surface area (Å²) >= 11 is 0. The molecule has 0 aliphatic carbocycles. The van der Waals surface area contributed by atoms with Crippen LogP contribution in [0.25, 0.3) is 0 Å². The summed E-state index contributed by atoms with van der Waals surface area (Å²) in [6, 6.07) is 0.599. The Morgan fingerprint density at radius 1 is 1.10 bits per heavy atom. The fraction of sp³-hybridized carbons (Fsp3) is 0.714. The van der Waals surface area contributed by atoms with Crippen molar-refractivity contribution >= 4 is 17.8 Å². The van der Waals surface area contributed by atoms with Gasteiger partial charge in [-0.25, -0.2) is 9.78 Å². The van der Waals surface area contributed by atoms with E-state index < -0.39 is 42.9 Å². The molecule has 0 saturated carbocycles. The van der Waals surface area contributed by atoms with Crippen molar-refractivity contribution in [3.8, 4) is 11.5 Å². The van der Waals surface area contributed by atoms with Gasteiger partial charge in [-0.2, -0.15) is 0 Å². The van der Waals surface area contributed by atoms with E-state index in [1.54, 1.807) is 6.92 Å². The van der Waals surface area contributed by atoms with Crippen LogP contribution < -0.4 is 14.8 Å². The molecule has 0 radical (unpaired) electrons. The molecule has 11 heteroatoms. The third-order valence-corrected chi connectivity index (χ3v) is 5.99. The molecule has 0 unspecified atom stereocenters. The van der Waals surface area contributed by atoms with E-state index in [0.717, 1.165) is 12.8 Å². The van der Waals surface area contributed by atoms with E-state index >= 15 is 0 Å². The van der Waals surface area contributed by atoms with E-state index in [9.17, 15) is 14.4 Å². The van der Waals surface area contributed by atoms with Gasteiger partial charge in [0, 0.05) is 32.4 Å². The van der Waals surface area contributed by atoms with Crippen molar-refractivity contribution in [1.82, 2.24) is 10.3 Å². The van der Waals surface area contributed by atoms with Gasteiger partial charge in [-0.05, 0) is 31.6 Å². The maximum Gasteiger partial charge on any atom is 0.329 e. The van der Waals surface area contributed by atoms with E-state index in [1.165, 1.54) is 26.3 Å². The molecule has 220 valence electrons. The quantitative estimate of drug-likeness (QED) is 0.303. The molecule has 39 heavy (non-hydrogen) atoms. The summed E-state index contributed by atoms with van der Waals surface area (Å²) in [6.45, 7) is 12.0. The molecule has 1 aromatic heterocycles. The highest BCUT2D eigenvalue weighted by atomic mass is 16.7. The number of nitrogens with zero attached hydrogens (tertiary/aromatic N) is 1. The fourth-order valence-electron chi connectivity index (χ4n) is 4.07. The van der Waals surface area contributed by atoms with Crippen LogP contribution in [0.1, 0.15) is 77.7 Å². The fourth-order valence-corrected chi connectivity index (χ4v) is 4.07. The molecule has 0 bridgehead atoms. The number of ether oxygens (including phenoxy) is 6. The normalized spacial score (nSPS) is 22.2. The van der Waals surface area contributed by atoms with Gasteiger partial charge in [0.05, 0.1) is 13.2 Å². The van der Waals surface area contributed by atoms with E-state index in [1.807, 2.05) is 0 Å². The van der Waals surface area contributed by atoms with Crippen LogP contribution in [0.15, 0.2) is 12.3 Å². The van der Waals surface area contributed by atoms with Gasteiger partial charge < -0.3 is 33.7 Å². The first kappa shape index (κ1) is 32.3. The van der Waals surface area contributed by atoms with Crippen LogP contribution in [0.4, 0.5) is 0 Å².